The van der Waals surface area contributed by atoms with E-state index in [0.29, 0.717) is 0 Å². The van der Waals surface area contributed by atoms with E-state index in [2.05, 4.69) is 6.92 Å². The fourth-order valence-corrected chi connectivity index (χ4v) is 1.32. The first-order valence-corrected chi connectivity index (χ1v) is 4.95. The molecule has 0 fully saturated rings. The molecule has 0 aromatic heterocycles. The second-order valence-corrected chi connectivity index (χ2v) is 3.29. The van der Waals surface area contributed by atoms with Crippen LogP contribution in [0.2, 0.25) is 0 Å². The van der Waals surface area contributed by atoms with Crippen LogP contribution in [0.1, 0.15) is 52.4 Å². The standard InChI is InChI=1S/C10H20O2.Fe/c1-3-5-6-7-8-9(4-2)10(11)12;/h9H,3-8H2,1-2H3,(H,11,12);. The molecule has 80 valence electrons. The predicted octanol–water partition coefficient (Wildman–Crippen LogP) is 3.07. The first kappa shape index (κ1) is 15.5. The number of carboxylic acid groups (broad SMARTS) is 1. The molecule has 0 heterocycles. The normalized spacial score (nSPS) is 11.8. The molecule has 13 heavy (non-hydrogen) atoms. The summed E-state index contributed by atoms with van der Waals surface area (Å²) >= 11 is 0. The Morgan fingerprint density at radius 2 is 1.85 bits per heavy atom. The van der Waals surface area contributed by atoms with Crippen LogP contribution in [-0.4, -0.2) is 11.1 Å². The topological polar surface area (TPSA) is 37.3 Å². The van der Waals surface area contributed by atoms with Gasteiger partial charge in [-0.3, -0.25) is 4.79 Å². The van der Waals surface area contributed by atoms with Gasteiger partial charge in [0, 0.05) is 17.1 Å². The molecule has 0 aromatic carbocycles. The quantitative estimate of drug-likeness (QED) is 0.537. The molecule has 0 aromatic rings. The molecule has 0 saturated carbocycles. The van der Waals surface area contributed by atoms with Crippen LogP contribution in [0, 0.1) is 5.92 Å². The van der Waals surface area contributed by atoms with Crippen LogP contribution < -0.4 is 0 Å². The van der Waals surface area contributed by atoms with E-state index in [-0.39, 0.29) is 23.0 Å². The summed E-state index contributed by atoms with van der Waals surface area (Å²) in [6.07, 6.45) is 6.31. The van der Waals surface area contributed by atoms with Crippen LogP contribution in [0.15, 0.2) is 0 Å². The number of carbonyl (C=O) groups is 1. The summed E-state index contributed by atoms with van der Waals surface area (Å²) in [5.41, 5.74) is 0. The van der Waals surface area contributed by atoms with Gasteiger partial charge in [-0.25, -0.2) is 0 Å². The molecule has 1 unspecified atom stereocenters. The van der Waals surface area contributed by atoms with E-state index in [0.717, 1.165) is 19.3 Å². The van der Waals surface area contributed by atoms with Crippen LogP contribution in [-0.2, 0) is 21.9 Å². The van der Waals surface area contributed by atoms with Crippen molar-refractivity contribution in [2.24, 2.45) is 5.92 Å². The van der Waals surface area contributed by atoms with Gasteiger partial charge in [0.2, 0.25) is 0 Å². The Morgan fingerprint density at radius 1 is 1.23 bits per heavy atom. The molecule has 1 N–H and O–H groups in total. The summed E-state index contributed by atoms with van der Waals surface area (Å²) in [5, 5.41) is 8.73. The van der Waals surface area contributed by atoms with E-state index in [9.17, 15) is 4.79 Å². The van der Waals surface area contributed by atoms with Gasteiger partial charge in [-0.1, -0.05) is 39.5 Å². The fraction of sp³-hybridized carbons (Fsp3) is 0.900. The third kappa shape index (κ3) is 8.32. The minimum atomic E-state index is -0.631. The van der Waals surface area contributed by atoms with Crippen molar-refractivity contribution in [3.05, 3.63) is 0 Å². The minimum Gasteiger partial charge on any atom is -0.481 e. The van der Waals surface area contributed by atoms with Gasteiger partial charge in [-0.15, -0.1) is 0 Å². The van der Waals surface area contributed by atoms with Crippen LogP contribution in [0.25, 0.3) is 0 Å². The maximum absolute atomic E-state index is 10.6. The van der Waals surface area contributed by atoms with Crippen LogP contribution in [0.4, 0.5) is 0 Å². The van der Waals surface area contributed by atoms with E-state index in [1.165, 1.54) is 19.3 Å². The van der Waals surface area contributed by atoms with Crippen LogP contribution >= 0.6 is 0 Å². The maximum atomic E-state index is 10.6. The molecule has 0 aliphatic heterocycles. The summed E-state index contributed by atoms with van der Waals surface area (Å²) in [7, 11) is 0. The largest absolute Gasteiger partial charge is 0.481 e. The van der Waals surface area contributed by atoms with Gasteiger partial charge in [-0.2, -0.15) is 0 Å². The number of rotatable bonds is 7. The van der Waals surface area contributed by atoms with Crippen molar-refractivity contribution in [2.75, 3.05) is 0 Å². The van der Waals surface area contributed by atoms with Gasteiger partial charge in [0.25, 0.3) is 0 Å². The van der Waals surface area contributed by atoms with Crippen molar-refractivity contribution in [3.8, 4) is 0 Å². The second-order valence-electron chi connectivity index (χ2n) is 3.29. The minimum absolute atomic E-state index is 0. The maximum Gasteiger partial charge on any atom is 0.306 e. The summed E-state index contributed by atoms with van der Waals surface area (Å²) in [5.74, 6) is -0.740. The Balaban J connectivity index is 0. The number of hydrogen-bond acceptors (Lipinski definition) is 1. The van der Waals surface area contributed by atoms with Gasteiger partial charge >= 0.3 is 5.97 Å². The van der Waals surface area contributed by atoms with E-state index >= 15 is 0 Å². The van der Waals surface area contributed by atoms with Crippen molar-refractivity contribution in [2.45, 2.75) is 52.4 Å². The Kier molecular flexibility index (Phi) is 12.0. The monoisotopic (exact) mass is 228 g/mol. The van der Waals surface area contributed by atoms with Crippen molar-refractivity contribution in [1.82, 2.24) is 0 Å². The van der Waals surface area contributed by atoms with Crippen LogP contribution in [0.3, 0.4) is 0 Å². The van der Waals surface area contributed by atoms with E-state index in [4.69, 9.17) is 5.11 Å². The van der Waals surface area contributed by atoms with Gasteiger partial charge in [-0.05, 0) is 12.8 Å². The Labute approximate surface area is 91.6 Å². The molecule has 1 atom stereocenters. The van der Waals surface area contributed by atoms with Crippen molar-refractivity contribution >= 4 is 5.97 Å². The van der Waals surface area contributed by atoms with E-state index < -0.39 is 5.97 Å². The summed E-state index contributed by atoms with van der Waals surface area (Å²) < 4.78 is 0. The van der Waals surface area contributed by atoms with E-state index in [1.54, 1.807) is 0 Å². The summed E-state index contributed by atoms with van der Waals surface area (Å²) in [6.45, 7) is 4.10. The zero-order chi connectivity index (χ0) is 9.40. The number of hydrogen-bond donors (Lipinski definition) is 1. The second kappa shape index (κ2) is 10.1. The van der Waals surface area contributed by atoms with Gasteiger partial charge < -0.3 is 5.11 Å². The van der Waals surface area contributed by atoms with Crippen molar-refractivity contribution < 1.29 is 27.0 Å². The van der Waals surface area contributed by atoms with Gasteiger partial charge in [0.15, 0.2) is 0 Å². The van der Waals surface area contributed by atoms with E-state index in [1.807, 2.05) is 6.92 Å². The third-order valence-electron chi connectivity index (χ3n) is 2.25. The fourth-order valence-electron chi connectivity index (χ4n) is 1.32. The molecule has 0 saturated heterocycles. The first-order chi connectivity index (χ1) is 5.72. The average molecular weight is 228 g/mol. The predicted molar refractivity (Wildman–Crippen MR) is 50.2 cm³/mol. The molecule has 0 spiro atoms. The molecule has 2 nitrogen and oxygen atoms in total. The molecule has 0 aliphatic rings. The molecule has 0 aliphatic carbocycles. The molecular formula is C10H20FeO2. The Morgan fingerprint density at radius 3 is 2.23 bits per heavy atom. The Hall–Kier alpha value is -0.0105. The van der Waals surface area contributed by atoms with Crippen LogP contribution in [0.5, 0.6) is 0 Å². The Bertz CT molecular complexity index is 126. The molecule has 0 radical (unpaired) electrons. The zero-order valence-corrected chi connectivity index (χ0v) is 9.63. The molecule has 0 amide bonds. The first-order valence-electron chi connectivity index (χ1n) is 4.95. The average Bonchev–Trinajstić information content (AvgIpc) is 2.04. The molecule has 0 bridgehead atoms. The van der Waals surface area contributed by atoms with Crippen molar-refractivity contribution in [1.29, 1.82) is 0 Å². The smallest absolute Gasteiger partial charge is 0.306 e. The molecule has 3 heteroatoms. The van der Waals surface area contributed by atoms with Gasteiger partial charge in [0.05, 0.1) is 5.92 Å². The number of aliphatic carboxylic acids is 1. The SMILES string of the molecule is CCCCCCC(CC)C(=O)O.[Fe]. The van der Waals surface area contributed by atoms with Gasteiger partial charge in [0.1, 0.15) is 0 Å². The number of carboxylic acids is 1. The summed E-state index contributed by atoms with van der Waals surface area (Å²) in [4.78, 5) is 10.6. The number of unbranched alkanes of at least 4 members (excludes halogenated alkanes) is 3. The third-order valence-corrected chi connectivity index (χ3v) is 2.25. The molecule has 0 rings (SSSR count). The van der Waals surface area contributed by atoms with Crippen molar-refractivity contribution in [3.63, 3.8) is 0 Å². The zero-order valence-electron chi connectivity index (χ0n) is 8.53. The summed E-state index contributed by atoms with van der Waals surface area (Å²) in [6, 6.07) is 0. The molecular weight excluding hydrogens is 208 g/mol.